The zero-order valence-electron chi connectivity index (χ0n) is 12.9. The van der Waals surface area contributed by atoms with Crippen LogP contribution in [-0.4, -0.2) is 37.4 Å². The molecule has 1 aliphatic rings. The first-order valence-electron chi connectivity index (χ1n) is 7.69. The number of Topliss-reactive ketones (excluding diaryl/α,β-unsaturated/α-hetero) is 1. The van der Waals surface area contributed by atoms with E-state index < -0.39 is 0 Å². The minimum absolute atomic E-state index is 0.171. The zero-order valence-corrected chi connectivity index (χ0v) is 14.5. The summed E-state index contributed by atoms with van der Waals surface area (Å²) in [5, 5.41) is 0. The molecule has 21 heavy (non-hydrogen) atoms. The van der Waals surface area contributed by atoms with Crippen molar-refractivity contribution >= 4 is 21.7 Å². The van der Waals surface area contributed by atoms with Crippen LogP contribution in [0.2, 0.25) is 0 Å². The van der Waals surface area contributed by atoms with Crippen LogP contribution in [0.15, 0.2) is 22.7 Å². The standard InChI is InChI=1S/C17H24BrNO2/c1-19(14-7-5-3-4-6-8-14)12-16(20)13-9-10-17(21-2)15(18)11-13/h9-11,14H,3-8,12H2,1-2H3. The maximum absolute atomic E-state index is 12.4. The molecule has 0 N–H and O–H groups in total. The van der Waals surface area contributed by atoms with Gasteiger partial charge < -0.3 is 4.74 Å². The van der Waals surface area contributed by atoms with E-state index in [1.807, 2.05) is 18.2 Å². The monoisotopic (exact) mass is 353 g/mol. The smallest absolute Gasteiger partial charge is 0.176 e. The van der Waals surface area contributed by atoms with Crippen molar-refractivity contribution in [2.75, 3.05) is 20.7 Å². The lowest BCUT2D eigenvalue weighted by Gasteiger charge is -2.26. The summed E-state index contributed by atoms with van der Waals surface area (Å²) in [5.41, 5.74) is 0.739. The number of likely N-dealkylation sites (N-methyl/N-ethyl adjacent to an activating group) is 1. The van der Waals surface area contributed by atoms with Crippen molar-refractivity contribution in [3.05, 3.63) is 28.2 Å². The zero-order chi connectivity index (χ0) is 15.2. The van der Waals surface area contributed by atoms with Crippen LogP contribution in [0.4, 0.5) is 0 Å². The molecule has 0 saturated heterocycles. The molecular weight excluding hydrogens is 330 g/mol. The highest BCUT2D eigenvalue weighted by Gasteiger charge is 2.19. The van der Waals surface area contributed by atoms with E-state index in [-0.39, 0.29) is 5.78 Å². The lowest BCUT2D eigenvalue weighted by molar-refractivity contribution is 0.0912. The number of hydrogen-bond donors (Lipinski definition) is 0. The number of hydrogen-bond acceptors (Lipinski definition) is 3. The molecule has 1 aromatic rings. The molecule has 0 heterocycles. The summed E-state index contributed by atoms with van der Waals surface area (Å²) in [6.45, 7) is 0.490. The van der Waals surface area contributed by atoms with E-state index >= 15 is 0 Å². The third-order valence-electron chi connectivity index (χ3n) is 4.31. The summed E-state index contributed by atoms with van der Waals surface area (Å²) < 4.78 is 6.03. The van der Waals surface area contributed by atoms with Gasteiger partial charge in [-0.1, -0.05) is 25.7 Å². The van der Waals surface area contributed by atoms with Crippen molar-refractivity contribution in [2.24, 2.45) is 0 Å². The molecule has 0 unspecified atom stereocenters. The second-order valence-electron chi connectivity index (χ2n) is 5.83. The molecule has 0 amide bonds. The van der Waals surface area contributed by atoms with Crippen LogP contribution in [0.25, 0.3) is 0 Å². The molecule has 0 radical (unpaired) electrons. The second kappa shape index (κ2) is 7.95. The Hall–Kier alpha value is -0.870. The van der Waals surface area contributed by atoms with Gasteiger partial charge in [-0.2, -0.15) is 0 Å². The Morgan fingerprint density at radius 3 is 2.52 bits per heavy atom. The largest absolute Gasteiger partial charge is 0.496 e. The van der Waals surface area contributed by atoms with Crippen molar-refractivity contribution in [3.8, 4) is 5.75 Å². The fourth-order valence-corrected chi connectivity index (χ4v) is 3.53. The summed E-state index contributed by atoms with van der Waals surface area (Å²) >= 11 is 3.44. The SMILES string of the molecule is COc1ccc(C(=O)CN(C)C2CCCCCC2)cc1Br. The van der Waals surface area contributed by atoms with Crippen LogP contribution < -0.4 is 4.74 Å². The summed E-state index contributed by atoms with van der Waals surface area (Å²) in [4.78, 5) is 14.7. The van der Waals surface area contributed by atoms with Crippen molar-refractivity contribution < 1.29 is 9.53 Å². The van der Waals surface area contributed by atoms with Crippen LogP contribution >= 0.6 is 15.9 Å². The molecule has 0 aromatic heterocycles. The summed E-state index contributed by atoms with van der Waals surface area (Å²) in [6.07, 6.45) is 7.69. The molecule has 1 aromatic carbocycles. The molecule has 3 nitrogen and oxygen atoms in total. The molecule has 1 saturated carbocycles. The molecule has 116 valence electrons. The Bertz CT molecular complexity index is 482. The normalized spacial score (nSPS) is 16.8. The highest BCUT2D eigenvalue weighted by molar-refractivity contribution is 9.10. The molecule has 1 fully saturated rings. The summed E-state index contributed by atoms with van der Waals surface area (Å²) in [6, 6.07) is 6.08. The molecule has 0 aliphatic heterocycles. The number of benzene rings is 1. The Balaban J connectivity index is 1.98. The van der Waals surface area contributed by atoms with Gasteiger partial charge in [0.2, 0.25) is 0 Å². The van der Waals surface area contributed by atoms with E-state index in [9.17, 15) is 4.79 Å². The number of rotatable bonds is 5. The van der Waals surface area contributed by atoms with Gasteiger partial charge in [0, 0.05) is 11.6 Å². The lowest BCUT2D eigenvalue weighted by atomic mass is 10.1. The quantitative estimate of drug-likeness (QED) is 0.583. The predicted octanol–water partition coefficient (Wildman–Crippen LogP) is 4.30. The fraction of sp³-hybridized carbons (Fsp3) is 0.588. The molecule has 4 heteroatoms. The minimum Gasteiger partial charge on any atom is -0.496 e. The van der Waals surface area contributed by atoms with Gasteiger partial charge in [0.1, 0.15) is 5.75 Å². The number of carbonyl (C=O) groups excluding carboxylic acids is 1. The molecular formula is C17H24BrNO2. The van der Waals surface area contributed by atoms with Crippen molar-refractivity contribution in [3.63, 3.8) is 0 Å². The molecule has 0 bridgehead atoms. The first kappa shape index (κ1) is 16.5. The third-order valence-corrected chi connectivity index (χ3v) is 4.93. The van der Waals surface area contributed by atoms with E-state index in [0.29, 0.717) is 12.6 Å². The average molecular weight is 354 g/mol. The number of nitrogens with zero attached hydrogens (tertiary/aromatic N) is 1. The van der Waals surface area contributed by atoms with E-state index in [0.717, 1.165) is 15.8 Å². The van der Waals surface area contributed by atoms with Gasteiger partial charge >= 0.3 is 0 Å². The van der Waals surface area contributed by atoms with Crippen LogP contribution in [0, 0.1) is 0 Å². The van der Waals surface area contributed by atoms with Gasteiger partial charge in [-0.25, -0.2) is 0 Å². The van der Waals surface area contributed by atoms with Crippen molar-refractivity contribution in [1.82, 2.24) is 4.90 Å². The van der Waals surface area contributed by atoms with E-state index in [2.05, 4.69) is 27.9 Å². The molecule has 2 rings (SSSR count). The van der Waals surface area contributed by atoms with E-state index in [1.54, 1.807) is 7.11 Å². The highest BCUT2D eigenvalue weighted by Crippen LogP contribution is 2.26. The van der Waals surface area contributed by atoms with Gasteiger partial charge in [-0.05, 0) is 54.0 Å². The number of ether oxygens (including phenoxy) is 1. The maximum atomic E-state index is 12.4. The Labute approximate surface area is 135 Å². The first-order valence-corrected chi connectivity index (χ1v) is 8.48. The third kappa shape index (κ3) is 4.55. The second-order valence-corrected chi connectivity index (χ2v) is 6.69. The maximum Gasteiger partial charge on any atom is 0.176 e. The Morgan fingerprint density at radius 1 is 1.29 bits per heavy atom. The Morgan fingerprint density at radius 2 is 1.95 bits per heavy atom. The number of halogens is 1. The average Bonchev–Trinajstić information content (AvgIpc) is 2.76. The summed E-state index contributed by atoms with van der Waals surface area (Å²) in [5.74, 6) is 0.925. The van der Waals surface area contributed by atoms with Gasteiger partial charge in [0.05, 0.1) is 18.1 Å². The van der Waals surface area contributed by atoms with Gasteiger partial charge in [-0.3, -0.25) is 9.69 Å². The minimum atomic E-state index is 0.171. The van der Waals surface area contributed by atoms with E-state index in [1.165, 1.54) is 38.5 Å². The van der Waals surface area contributed by atoms with Crippen LogP contribution in [0.1, 0.15) is 48.9 Å². The van der Waals surface area contributed by atoms with Gasteiger partial charge in [-0.15, -0.1) is 0 Å². The van der Waals surface area contributed by atoms with Gasteiger partial charge in [0.25, 0.3) is 0 Å². The lowest BCUT2D eigenvalue weighted by Crippen LogP contribution is -2.35. The Kier molecular flexibility index (Phi) is 6.24. The van der Waals surface area contributed by atoms with Crippen molar-refractivity contribution in [2.45, 2.75) is 44.6 Å². The van der Waals surface area contributed by atoms with Crippen LogP contribution in [-0.2, 0) is 0 Å². The molecule has 0 spiro atoms. The number of ketones is 1. The number of methoxy groups -OCH3 is 1. The highest BCUT2D eigenvalue weighted by atomic mass is 79.9. The van der Waals surface area contributed by atoms with Crippen molar-refractivity contribution in [1.29, 1.82) is 0 Å². The fourth-order valence-electron chi connectivity index (χ4n) is 2.99. The first-order chi connectivity index (χ1) is 10.1. The summed E-state index contributed by atoms with van der Waals surface area (Å²) in [7, 11) is 3.70. The molecule has 1 aliphatic carbocycles. The number of carbonyl (C=O) groups is 1. The van der Waals surface area contributed by atoms with Gasteiger partial charge in [0.15, 0.2) is 5.78 Å². The predicted molar refractivity (Wildman–Crippen MR) is 89.1 cm³/mol. The molecule has 0 atom stereocenters. The topological polar surface area (TPSA) is 29.5 Å². The van der Waals surface area contributed by atoms with Crippen LogP contribution in [0.3, 0.4) is 0 Å². The van der Waals surface area contributed by atoms with E-state index in [4.69, 9.17) is 4.74 Å². The van der Waals surface area contributed by atoms with Crippen LogP contribution in [0.5, 0.6) is 5.75 Å².